The van der Waals surface area contributed by atoms with Crippen molar-refractivity contribution in [3.8, 4) is 11.5 Å². The van der Waals surface area contributed by atoms with E-state index in [-0.39, 0.29) is 19.9 Å². The highest BCUT2D eigenvalue weighted by Crippen LogP contribution is 2.34. The number of halogens is 3. The molecule has 3 rings (SSSR count). The quantitative estimate of drug-likeness (QED) is 0.895. The van der Waals surface area contributed by atoms with Crippen LogP contribution in [-0.2, 0) is 12.7 Å². The molecule has 0 atom stereocenters. The summed E-state index contributed by atoms with van der Waals surface area (Å²) in [5.74, 6) is 1.13. The van der Waals surface area contributed by atoms with Crippen LogP contribution in [0.5, 0.6) is 11.5 Å². The molecule has 0 fully saturated rings. The Morgan fingerprint density at radius 3 is 2.79 bits per heavy atom. The van der Waals surface area contributed by atoms with Crippen molar-refractivity contribution in [2.24, 2.45) is 0 Å². The molecular formula is C14H13F3N4O3. The van der Waals surface area contributed by atoms with Crippen molar-refractivity contribution in [2.45, 2.75) is 12.7 Å². The number of fused-ring (bicyclic) bond motifs is 1. The van der Waals surface area contributed by atoms with Crippen molar-refractivity contribution < 1.29 is 27.4 Å². The minimum absolute atomic E-state index is 0.116. The maximum atomic E-state index is 12.4. The molecule has 24 heavy (non-hydrogen) atoms. The Morgan fingerprint density at radius 1 is 1.25 bits per heavy atom. The summed E-state index contributed by atoms with van der Waals surface area (Å²) in [7, 11) is 0. The molecular weight excluding hydrogens is 329 g/mol. The summed E-state index contributed by atoms with van der Waals surface area (Å²) in [6.45, 7) is 0.370. The predicted molar refractivity (Wildman–Crippen MR) is 76.8 cm³/mol. The lowest BCUT2D eigenvalue weighted by atomic mass is 10.3. The molecule has 2 heterocycles. The van der Waals surface area contributed by atoms with Gasteiger partial charge in [0.2, 0.25) is 6.79 Å². The van der Waals surface area contributed by atoms with E-state index in [9.17, 15) is 18.0 Å². The van der Waals surface area contributed by atoms with E-state index < -0.39 is 17.9 Å². The second-order valence-electron chi connectivity index (χ2n) is 4.91. The van der Waals surface area contributed by atoms with Gasteiger partial charge >= 0.3 is 12.2 Å². The fourth-order valence-electron chi connectivity index (χ4n) is 2.07. The molecule has 1 aromatic carbocycles. The van der Waals surface area contributed by atoms with E-state index >= 15 is 0 Å². The molecule has 0 unspecified atom stereocenters. The van der Waals surface area contributed by atoms with E-state index in [0.717, 1.165) is 10.7 Å². The zero-order valence-electron chi connectivity index (χ0n) is 12.3. The standard InChI is InChI=1S/C14H13F3N4O3/c15-14(16,17)12-3-5-21(20-12)6-4-18-13(22)19-9-1-2-10-11(7-9)24-8-23-10/h1-3,5,7H,4,6,8H2,(H2,18,19,22). The van der Waals surface area contributed by atoms with Crippen LogP contribution in [-0.4, -0.2) is 29.1 Å². The fourth-order valence-corrected chi connectivity index (χ4v) is 2.07. The van der Waals surface area contributed by atoms with Crippen molar-refractivity contribution in [3.63, 3.8) is 0 Å². The first kappa shape index (κ1) is 16.0. The minimum atomic E-state index is -4.48. The molecule has 0 radical (unpaired) electrons. The van der Waals surface area contributed by atoms with Crippen LogP contribution >= 0.6 is 0 Å². The molecule has 0 bridgehead atoms. The first-order valence-electron chi connectivity index (χ1n) is 6.97. The van der Waals surface area contributed by atoms with E-state index in [4.69, 9.17) is 9.47 Å². The van der Waals surface area contributed by atoms with Gasteiger partial charge in [0.15, 0.2) is 17.2 Å². The van der Waals surface area contributed by atoms with Crippen LogP contribution in [0.2, 0.25) is 0 Å². The van der Waals surface area contributed by atoms with E-state index in [1.807, 2.05) is 0 Å². The highest BCUT2D eigenvalue weighted by Gasteiger charge is 2.33. The molecule has 2 N–H and O–H groups in total. The number of rotatable bonds is 4. The number of carbonyl (C=O) groups excluding carboxylic acids is 1. The average molecular weight is 342 g/mol. The van der Waals surface area contributed by atoms with Crippen LogP contribution in [0, 0.1) is 0 Å². The zero-order valence-corrected chi connectivity index (χ0v) is 12.3. The minimum Gasteiger partial charge on any atom is -0.454 e. The van der Waals surface area contributed by atoms with Crippen molar-refractivity contribution in [3.05, 3.63) is 36.2 Å². The largest absolute Gasteiger partial charge is 0.454 e. The summed E-state index contributed by atoms with van der Waals surface area (Å²) in [5.41, 5.74) is -0.456. The van der Waals surface area contributed by atoms with Gasteiger partial charge in [-0.1, -0.05) is 0 Å². The molecule has 1 aliphatic rings. The lowest BCUT2D eigenvalue weighted by Gasteiger charge is -2.08. The smallest absolute Gasteiger partial charge is 0.435 e. The lowest BCUT2D eigenvalue weighted by Crippen LogP contribution is -2.31. The van der Waals surface area contributed by atoms with Gasteiger partial charge in [-0.2, -0.15) is 18.3 Å². The molecule has 10 heteroatoms. The number of benzene rings is 1. The second kappa shape index (κ2) is 6.30. The van der Waals surface area contributed by atoms with Gasteiger partial charge in [0, 0.05) is 24.5 Å². The van der Waals surface area contributed by atoms with Crippen molar-refractivity contribution in [1.82, 2.24) is 15.1 Å². The van der Waals surface area contributed by atoms with Crippen molar-refractivity contribution in [2.75, 3.05) is 18.7 Å². The van der Waals surface area contributed by atoms with Crippen LogP contribution in [0.3, 0.4) is 0 Å². The van der Waals surface area contributed by atoms with Crippen LogP contribution in [0.25, 0.3) is 0 Å². The van der Waals surface area contributed by atoms with Gasteiger partial charge in [0.1, 0.15) is 0 Å². The number of aromatic nitrogens is 2. The molecule has 1 aliphatic heterocycles. The fraction of sp³-hybridized carbons (Fsp3) is 0.286. The Kier molecular flexibility index (Phi) is 4.19. The normalized spacial score (nSPS) is 13.0. The predicted octanol–water partition coefficient (Wildman–Crippen LogP) is 2.45. The highest BCUT2D eigenvalue weighted by molar-refractivity contribution is 5.89. The average Bonchev–Trinajstić information content (AvgIpc) is 3.14. The van der Waals surface area contributed by atoms with Gasteiger partial charge in [-0.15, -0.1) is 0 Å². The van der Waals surface area contributed by atoms with E-state index in [0.29, 0.717) is 17.2 Å². The number of hydrogen-bond acceptors (Lipinski definition) is 4. The second-order valence-corrected chi connectivity index (χ2v) is 4.91. The first-order chi connectivity index (χ1) is 11.4. The maximum absolute atomic E-state index is 12.4. The number of nitrogens with zero attached hydrogens (tertiary/aromatic N) is 2. The van der Waals surface area contributed by atoms with Crippen LogP contribution in [0.15, 0.2) is 30.5 Å². The Morgan fingerprint density at radius 2 is 2.04 bits per heavy atom. The number of anilines is 1. The summed E-state index contributed by atoms with van der Waals surface area (Å²) >= 11 is 0. The van der Waals surface area contributed by atoms with E-state index in [2.05, 4.69) is 15.7 Å². The third-order valence-corrected chi connectivity index (χ3v) is 3.19. The molecule has 7 nitrogen and oxygen atoms in total. The van der Waals surface area contributed by atoms with Gasteiger partial charge < -0.3 is 20.1 Å². The molecule has 1 aromatic heterocycles. The SMILES string of the molecule is O=C(NCCn1ccc(C(F)(F)F)n1)Nc1ccc2c(c1)OCO2. The number of urea groups is 1. The topological polar surface area (TPSA) is 77.4 Å². The third-order valence-electron chi connectivity index (χ3n) is 3.19. The van der Waals surface area contributed by atoms with Gasteiger partial charge in [-0.3, -0.25) is 4.68 Å². The molecule has 0 saturated carbocycles. The monoisotopic (exact) mass is 342 g/mol. The van der Waals surface area contributed by atoms with Crippen molar-refractivity contribution >= 4 is 11.7 Å². The third kappa shape index (κ3) is 3.70. The molecule has 128 valence electrons. The van der Waals surface area contributed by atoms with Gasteiger partial charge in [-0.05, 0) is 18.2 Å². The Balaban J connectivity index is 1.47. The van der Waals surface area contributed by atoms with Crippen LogP contribution in [0.4, 0.5) is 23.7 Å². The van der Waals surface area contributed by atoms with E-state index in [1.165, 1.54) is 6.20 Å². The maximum Gasteiger partial charge on any atom is 0.435 e. The molecule has 0 saturated heterocycles. The number of amides is 2. The molecule has 2 amide bonds. The van der Waals surface area contributed by atoms with Gasteiger partial charge in [0.05, 0.1) is 6.54 Å². The molecule has 2 aromatic rings. The van der Waals surface area contributed by atoms with Gasteiger partial charge in [0.25, 0.3) is 0 Å². The number of carbonyl (C=O) groups is 1. The van der Waals surface area contributed by atoms with Crippen LogP contribution in [0.1, 0.15) is 5.69 Å². The Labute approximate surface area is 134 Å². The summed E-state index contributed by atoms with van der Waals surface area (Å²) in [6.07, 6.45) is -3.27. The summed E-state index contributed by atoms with van der Waals surface area (Å²) in [6, 6.07) is 5.32. The lowest BCUT2D eigenvalue weighted by molar-refractivity contribution is -0.141. The summed E-state index contributed by atoms with van der Waals surface area (Å²) in [4.78, 5) is 11.8. The number of hydrogen-bond donors (Lipinski definition) is 2. The molecule has 0 aliphatic carbocycles. The first-order valence-corrected chi connectivity index (χ1v) is 6.97. The molecule has 0 spiro atoms. The Bertz CT molecular complexity index is 745. The highest BCUT2D eigenvalue weighted by atomic mass is 19.4. The van der Waals surface area contributed by atoms with E-state index in [1.54, 1.807) is 18.2 Å². The van der Waals surface area contributed by atoms with Crippen LogP contribution < -0.4 is 20.1 Å². The van der Waals surface area contributed by atoms with Crippen molar-refractivity contribution in [1.29, 1.82) is 0 Å². The van der Waals surface area contributed by atoms with Gasteiger partial charge in [-0.25, -0.2) is 4.79 Å². The zero-order chi connectivity index (χ0) is 17.2. The summed E-state index contributed by atoms with van der Waals surface area (Å²) in [5, 5.41) is 8.51. The number of nitrogens with one attached hydrogen (secondary N) is 2. The summed E-state index contributed by atoms with van der Waals surface area (Å²) < 4.78 is 48.7. The number of alkyl halides is 3. The number of ether oxygens (including phenoxy) is 2. The Hall–Kier alpha value is -2.91.